The van der Waals surface area contributed by atoms with Crippen molar-refractivity contribution in [3.05, 3.63) is 107 Å². The lowest BCUT2D eigenvalue weighted by molar-refractivity contribution is 0.485. The van der Waals surface area contributed by atoms with Gasteiger partial charge in [-0.3, -0.25) is 0 Å². The van der Waals surface area contributed by atoms with E-state index in [1.165, 1.54) is 5.56 Å². The minimum absolute atomic E-state index is 0.288. The summed E-state index contributed by atoms with van der Waals surface area (Å²) in [6.07, 6.45) is 2.19. The Morgan fingerprint density at radius 3 is 2.23 bits per heavy atom. The molecular formula is C26H27ClN4. The second kappa shape index (κ2) is 10.4. The molecule has 4 aromatic rings. The molecule has 3 aromatic carbocycles. The van der Waals surface area contributed by atoms with Gasteiger partial charge in [-0.2, -0.15) is 15.0 Å². The number of benzene rings is 3. The standard InChI is InChI=1S/C26H27ClN4/c1-2-9-24(21-10-5-3-6-11-21)28-18-25-26(22-12-7-4-8-13-22)30-31(29-25)19-20-14-16-23(27)17-15-20/h3-8,10-17,24,28H,2,9,18-19H2,1H3/t24-/m0/s1. The highest BCUT2D eigenvalue weighted by Crippen LogP contribution is 2.23. The van der Waals surface area contributed by atoms with Gasteiger partial charge in [0, 0.05) is 23.2 Å². The van der Waals surface area contributed by atoms with Crippen LogP contribution in [0, 0.1) is 0 Å². The van der Waals surface area contributed by atoms with Crippen LogP contribution in [-0.4, -0.2) is 15.0 Å². The molecule has 1 aromatic heterocycles. The van der Waals surface area contributed by atoms with Crippen molar-refractivity contribution < 1.29 is 0 Å². The van der Waals surface area contributed by atoms with E-state index < -0.39 is 0 Å². The molecule has 0 radical (unpaired) electrons. The highest BCUT2D eigenvalue weighted by molar-refractivity contribution is 6.30. The monoisotopic (exact) mass is 430 g/mol. The second-order valence-electron chi connectivity index (χ2n) is 7.65. The summed E-state index contributed by atoms with van der Waals surface area (Å²) in [7, 11) is 0. The molecule has 0 aliphatic rings. The van der Waals surface area contributed by atoms with Gasteiger partial charge in [-0.25, -0.2) is 0 Å². The van der Waals surface area contributed by atoms with Crippen molar-refractivity contribution in [1.29, 1.82) is 0 Å². The van der Waals surface area contributed by atoms with Crippen molar-refractivity contribution in [3.63, 3.8) is 0 Å². The van der Waals surface area contributed by atoms with Crippen LogP contribution >= 0.6 is 11.6 Å². The first-order valence-corrected chi connectivity index (χ1v) is 11.1. The van der Waals surface area contributed by atoms with Crippen molar-refractivity contribution in [3.8, 4) is 11.3 Å². The lowest BCUT2D eigenvalue weighted by atomic mass is 10.0. The third kappa shape index (κ3) is 5.60. The third-order valence-electron chi connectivity index (χ3n) is 5.30. The molecule has 0 saturated carbocycles. The van der Waals surface area contributed by atoms with Crippen LogP contribution in [0.25, 0.3) is 11.3 Å². The van der Waals surface area contributed by atoms with Crippen molar-refractivity contribution in [2.45, 2.75) is 38.9 Å². The summed E-state index contributed by atoms with van der Waals surface area (Å²) in [6, 6.07) is 29.0. The van der Waals surface area contributed by atoms with Gasteiger partial charge in [-0.1, -0.05) is 97.7 Å². The van der Waals surface area contributed by atoms with Crippen molar-refractivity contribution >= 4 is 11.6 Å². The Morgan fingerprint density at radius 1 is 0.871 bits per heavy atom. The number of aromatic nitrogens is 3. The predicted molar refractivity (Wildman–Crippen MR) is 127 cm³/mol. The van der Waals surface area contributed by atoms with Gasteiger partial charge in [0.1, 0.15) is 11.4 Å². The fraction of sp³-hybridized carbons (Fsp3) is 0.231. The van der Waals surface area contributed by atoms with Crippen LogP contribution in [0.4, 0.5) is 0 Å². The molecule has 1 atom stereocenters. The topological polar surface area (TPSA) is 42.7 Å². The normalized spacial score (nSPS) is 12.1. The lowest BCUT2D eigenvalue weighted by Gasteiger charge is -2.18. The van der Waals surface area contributed by atoms with Crippen molar-refractivity contribution in [2.24, 2.45) is 0 Å². The Kier molecular flexibility index (Phi) is 7.13. The Bertz CT molecular complexity index is 1080. The van der Waals surface area contributed by atoms with E-state index in [9.17, 15) is 0 Å². The van der Waals surface area contributed by atoms with Crippen molar-refractivity contribution in [1.82, 2.24) is 20.3 Å². The molecule has 4 nitrogen and oxygen atoms in total. The minimum atomic E-state index is 0.288. The summed E-state index contributed by atoms with van der Waals surface area (Å²) in [6.45, 7) is 3.48. The van der Waals surface area contributed by atoms with E-state index in [0.717, 1.165) is 40.4 Å². The molecule has 0 spiro atoms. The molecule has 5 heteroatoms. The number of nitrogens with zero attached hydrogens (tertiary/aromatic N) is 3. The summed E-state index contributed by atoms with van der Waals surface area (Å²) in [5, 5.41) is 14.1. The molecule has 0 aliphatic carbocycles. The zero-order chi connectivity index (χ0) is 21.5. The predicted octanol–water partition coefficient (Wildman–Crippen LogP) is 6.28. The molecule has 0 amide bonds. The van der Waals surface area contributed by atoms with Gasteiger partial charge >= 0.3 is 0 Å². The SMILES string of the molecule is CCC[C@H](NCc1nn(Cc2ccc(Cl)cc2)nc1-c1ccccc1)c1ccccc1. The maximum atomic E-state index is 6.02. The summed E-state index contributed by atoms with van der Waals surface area (Å²) >= 11 is 6.02. The molecule has 0 unspecified atom stereocenters. The first-order chi connectivity index (χ1) is 15.2. The number of hydrogen-bond donors (Lipinski definition) is 1. The minimum Gasteiger partial charge on any atom is -0.304 e. The van der Waals surface area contributed by atoms with E-state index in [0.29, 0.717) is 13.1 Å². The van der Waals surface area contributed by atoms with Gasteiger partial charge in [0.2, 0.25) is 0 Å². The average Bonchev–Trinajstić information content (AvgIpc) is 3.22. The quantitative estimate of drug-likeness (QED) is 0.340. The van der Waals surface area contributed by atoms with Gasteiger partial charge in [0.05, 0.1) is 6.54 Å². The highest BCUT2D eigenvalue weighted by Gasteiger charge is 2.16. The van der Waals surface area contributed by atoms with Crippen LogP contribution in [0.3, 0.4) is 0 Å². The Hall–Kier alpha value is -2.95. The maximum Gasteiger partial charge on any atom is 0.117 e. The van der Waals surface area contributed by atoms with E-state index in [-0.39, 0.29) is 6.04 Å². The molecule has 0 saturated heterocycles. The molecule has 31 heavy (non-hydrogen) atoms. The third-order valence-corrected chi connectivity index (χ3v) is 5.56. The van der Waals surface area contributed by atoms with Crippen LogP contribution < -0.4 is 5.32 Å². The van der Waals surface area contributed by atoms with Gasteiger partial charge in [-0.15, -0.1) is 0 Å². The van der Waals surface area contributed by atoms with Crippen molar-refractivity contribution in [2.75, 3.05) is 0 Å². The first-order valence-electron chi connectivity index (χ1n) is 10.7. The summed E-state index contributed by atoms with van der Waals surface area (Å²) in [4.78, 5) is 1.78. The van der Waals surface area contributed by atoms with E-state index >= 15 is 0 Å². The first kappa shape index (κ1) is 21.3. The highest BCUT2D eigenvalue weighted by atomic mass is 35.5. The van der Waals surface area contributed by atoms with E-state index in [1.54, 1.807) is 4.80 Å². The fourth-order valence-electron chi connectivity index (χ4n) is 3.73. The van der Waals surface area contributed by atoms with E-state index in [4.69, 9.17) is 21.8 Å². The molecule has 0 fully saturated rings. The molecule has 1 N–H and O–H groups in total. The zero-order valence-electron chi connectivity index (χ0n) is 17.7. The average molecular weight is 431 g/mol. The van der Waals surface area contributed by atoms with Gasteiger partial charge < -0.3 is 5.32 Å². The van der Waals surface area contributed by atoms with Gasteiger partial charge in [0.25, 0.3) is 0 Å². The van der Waals surface area contributed by atoms with Gasteiger partial charge in [0.15, 0.2) is 0 Å². The number of nitrogens with one attached hydrogen (secondary N) is 1. The number of halogens is 1. The number of hydrogen-bond acceptors (Lipinski definition) is 3. The summed E-state index contributed by atoms with van der Waals surface area (Å²) < 4.78 is 0. The van der Waals surface area contributed by atoms with Crippen LogP contribution in [0.2, 0.25) is 5.02 Å². The Labute approximate surface area is 188 Å². The molecule has 158 valence electrons. The van der Waals surface area contributed by atoms with E-state index in [2.05, 4.69) is 54.7 Å². The van der Waals surface area contributed by atoms with Crippen LogP contribution in [-0.2, 0) is 13.1 Å². The van der Waals surface area contributed by atoms with Crippen LogP contribution in [0.15, 0.2) is 84.9 Å². The summed E-state index contributed by atoms with van der Waals surface area (Å²) in [5.74, 6) is 0. The Balaban J connectivity index is 1.58. The van der Waals surface area contributed by atoms with Gasteiger partial charge in [-0.05, 0) is 29.7 Å². The maximum absolute atomic E-state index is 6.02. The smallest absolute Gasteiger partial charge is 0.117 e. The largest absolute Gasteiger partial charge is 0.304 e. The van der Waals surface area contributed by atoms with Crippen LogP contribution in [0.5, 0.6) is 0 Å². The second-order valence-corrected chi connectivity index (χ2v) is 8.09. The van der Waals surface area contributed by atoms with Crippen LogP contribution in [0.1, 0.15) is 42.6 Å². The molecule has 0 bridgehead atoms. The number of rotatable bonds is 9. The molecule has 0 aliphatic heterocycles. The van der Waals surface area contributed by atoms with E-state index in [1.807, 2.05) is 42.5 Å². The summed E-state index contributed by atoms with van der Waals surface area (Å²) in [5.41, 5.74) is 5.38. The molecule has 4 rings (SSSR count). The molecule has 1 heterocycles. The molecular weight excluding hydrogens is 404 g/mol. The fourth-order valence-corrected chi connectivity index (χ4v) is 3.85. The zero-order valence-corrected chi connectivity index (χ0v) is 18.5. The lowest BCUT2D eigenvalue weighted by Crippen LogP contribution is -2.21. The Morgan fingerprint density at radius 2 is 1.55 bits per heavy atom.